The fraction of sp³-hybridized carbons (Fsp3) is 0.556. The maximum atomic E-state index is 10.4. The van der Waals surface area contributed by atoms with E-state index in [1.807, 2.05) is 44.2 Å². The van der Waals surface area contributed by atoms with Gasteiger partial charge in [0.2, 0.25) is 0 Å². The zero-order valence-corrected chi connectivity index (χ0v) is 13.0. The summed E-state index contributed by atoms with van der Waals surface area (Å²) >= 11 is 0. The number of benzene rings is 1. The van der Waals surface area contributed by atoms with Gasteiger partial charge >= 0.3 is 0 Å². The summed E-state index contributed by atoms with van der Waals surface area (Å²) in [5.74, 6) is 3.11. The van der Waals surface area contributed by atoms with Crippen LogP contribution < -0.4 is 0 Å². The molecule has 20 heavy (non-hydrogen) atoms. The minimum atomic E-state index is -0.473. The molecule has 0 saturated carbocycles. The number of aliphatic hydroxyl groups is 1. The molecule has 0 spiro atoms. The molecule has 0 aromatic heterocycles. The van der Waals surface area contributed by atoms with Crippen molar-refractivity contribution in [3.8, 4) is 12.3 Å². The number of hydrogen-bond donors (Lipinski definition) is 1. The van der Waals surface area contributed by atoms with Gasteiger partial charge in [0, 0.05) is 5.41 Å². The maximum absolute atomic E-state index is 10.4. The van der Waals surface area contributed by atoms with Gasteiger partial charge in [-0.3, -0.25) is 0 Å². The van der Waals surface area contributed by atoms with Gasteiger partial charge in [0.15, 0.2) is 0 Å². The van der Waals surface area contributed by atoms with Crippen molar-refractivity contribution in [2.24, 2.45) is 11.3 Å². The molecule has 0 bridgehead atoms. The second-order valence-corrected chi connectivity index (χ2v) is 6.31. The zero-order chi connectivity index (χ0) is 15.2. The third-order valence-corrected chi connectivity index (χ3v) is 3.64. The Morgan fingerprint density at radius 1 is 1.25 bits per heavy atom. The average molecular weight is 274 g/mol. The van der Waals surface area contributed by atoms with E-state index in [9.17, 15) is 5.11 Å². The predicted octanol–water partition coefficient (Wildman–Crippen LogP) is 3.64. The van der Waals surface area contributed by atoms with Crippen molar-refractivity contribution in [2.45, 2.75) is 52.9 Å². The Kier molecular flexibility index (Phi) is 6.26. The van der Waals surface area contributed by atoms with Gasteiger partial charge in [0.05, 0.1) is 12.7 Å². The van der Waals surface area contributed by atoms with E-state index < -0.39 is 17.6 Å². The fourth-order valence-electron chi connectivity index (χ4n) is 2.16. The molecule has 0 aliphatic carbocycles. The van der Waals surface area contributed by atoms with Crippen LogP contribution in [0.3, 0.4) is 0 Å². The Morgan fingerprint density at radius 2 is 1.85 bits per heavy atom. The lowest BCUT2D eigenvalue weighted by molar-refractivity contribution is -0.0697. The lowest BCUT2D eigenvalue weighted by atomic mass is 9.77. The Labute approximate surface area is 123 Å². The van der Waals surface area contributed by atoms with Crippen LogP contribution >= 0.6 is 0 Å². The first-order valence-electron chi connectivity index (χ1n) is 7.17. The largest absolute Gasteiger partial charge is 0.392 e. The zero-order valence-electron chi connectivity index (χ0n) is 13.0. The van der Waals surface area contributed by atoms with Crippen molar-refractivity contribution in [3.05, 3.63) is 35.9 Å². The summed E-state index contributed by atoms with van der Waals surface area (Å²) in [5.41, 5.74) is 0.621. The summed E-state index contributed by atoms with van der Waals surface area (Å²) in [7, 11) is 0. The molecule has 0 amide bonds. The molecular formula is C18H26O2. The molecule has 1 rings (SSSR count). The van der Waals surface area contributed by atoms with E-state index in [1.54, 1.807) is 0 Å². The fourth-order valence-corrected chi connectivity index (χ4v) is 2.16. The van der Waals surface area contributed by atoms with Crippen molar-refractivity contribution in [1.82, 2.24) is 0 Å². The molecule has 2 heteroatoms. The molecule has 0 aliphatic rings. The van der Waals surface area contributed by atoms with Gasteiger partial charge < -0.3 is 9.84 Å². The number of terminal acetylenes is 1. The summed E-state index contributed by atoms with van der Waals surface area (Å²) in [6, 6.07) is 9.93. The number of aliphatic hydroxyl groups excluding tert-OH is 1. The van der Waals surface area contributed by atoms with Crippen molar-refractivity contribution < 1.29 is 9.84 Å². The smallest absolute Gasteiger partial charge is 0.125 e. The summed E-state index contributed by atoms with van der Waals surface area (Å²) in [6.45, 7) is 8.59. The SMILES string of the molecule is C#C[C@H](OCc1ccccc1)C(C)(C)[C@H](O)CC(C)C. The molecule has 0 radical (unpaired) electrons. The van der Waals surface area contributed by atoms with Gasteiger partial charge in [-0.2, -0.15) is 0 Å². The molecule has 2 atom stereocenters. The third-order valence-electron chi connectivity index (χ3n) is 3.64. The maximum Gasteiger partial charge on any atom is 0.125 e. The molecule has 0 aliphatic heterocycles. The highest BCUT2D eigenvalue weighted by Crippen LogP contribution is 2.31. The van der Waals surface area contributed by atoms with Crippen LogP contribution in [-0.2, 0) is 11.3 Å². The van der Waals surface area contributed by atoms with Crippen LogP contribution in [0.2, 0.25) is 0 Å². The molecule has 0 heterocycles. The normalized spacial score (nSPS) is 14.8. The van der Waals surface area contributed by atoms with Gasteiger partial charge in [0.25, 0.3) is 0 Å². The van der Waals surface area contributed by atoms with E-state index in [-0.39, 0.29) is 0 Å². The van der Waals surface area contributed by atoms with Crippen molar-refractivity contribution in [1.29, 1.82) is 0 Å². The number of hydrogen-bond acceptors (Lipinski definition) is 2. The summed E-state index contributed by atoms with van der Waals surface area (Å²) < 4.78 is 5.85. The summed E-state index contributed by atoms with van der Waals surface area (Å²) in [6.07, 6.45) is 5.45. The summed E-state index contributed by atoms with van der Waals surface area (Å²) in [4.78, 5) is 0. The van der Waals surface area contributed by atoms with E-state index >= 15 is 0 Å². The van der Waals surface area contributed by atoms with E-state index in [1.165, 1.54) is 0 Å². The van der Waals surface area contributed by atoms with Gasteiger partial charge in [-0.25, -0.2) is 0 Å². The Bertz CT molecular complexity index is 428. The lowest BCUT2D eigenvalue weighted by Gasteiger charge is -2.36. The highest BCUT2D eigenvalue weighted by atomic mass is 16.5. The Balaban J connectivity index is 2.67. The van der Waals surface area contributed by atoms with Crippen LogP contribution in [0.4, 0.5) is 0 Å². The minimum Gasteiger partial charge on any atom is -0.392 e. The minimum absolute atomic E-state index is 0.406. The van der Waals surface area contributed by atoms with Gasteiger partial charge in [-0.1, -0.05) is 63.9 Å². The monoisotopic (exact) mass is 274 g/mol. The van der Waals surface area contributed by atoms with E-state index in [4.69, 9.17) is 11.2 Å². The second-order valence-electron chi connectivity index (χ2n) is 6.31. The third kappa shape index (κ3) is 4.67. The van der Waals surface area contributed by atoms with Crippen LogP contribution in [0, 0.1) is 23.7 Å². The molecule has 0 saturated heterocycles. The average Bonchev–Trinajstić information content (AvgIpc) is 2.39. The Hall–Kier alpha value is -1.30. The van der Waals surface area contributed by atoms with Gasteiger partial charge in [-0.15, -0.1) is 6.42 Å². The van der Waals surface area contributed by atoms with E-state index in [2.05, 4.69) is 19.8 Å². The van der Waals surface area contributed by atoms with Crippen LogP contribution in [0.15, 0.2) is 30.3 Å². The molecule has 0 fully saturated rings. The number of rotatable bonds is 7. The second kappa shape index (κ2) is 7.47. The van der Waals surface area contributed by atoms with Crippen molar-refractivity contribution in [2.75, 3.05) is 0 Å². The first-order valence-corrected chi connectivity index (χ1v) is 7.17. The van der Waals surface area contributed by atoms with E-state index in [0.29, 0.717) is 12.5 Å². The highest BCUT2D eigenvalue weighted by Gasteiger charge is 2.36. The van der Waals surface area contributed by atoms with E-state index in [0.717, 1.165) is 12.0 Å². The van der Waals surface area contributed by atoms with Crippen LogP contribution in [0.1, 0.15) is 39.7 Å². The first-order chi connectivity index (χ1) is 9.37. The van der Waals surface area contributed by atoms with Crippen molar-refractivity contribution in [3.63, 3.8) is 0 Å². The van der Waals surface area contributed by atoms with Crippen molar-refractivity contribution >= 4 is 0 Å². The van der Waals surface area contributed by atoms with Crippen LogP contribution in [0.5, 0.6) is 0 Å². The van der Waals surface area contributed by atoms with Gasteiger partial charge in [-0.05, 0) is 17.9 Å². The predicted molar refractivity (Wildman–Crippen MR) is 83.1 cm³/mol. The topological polar surface area (TPSA) is 29.5 Å². The summed E-state index contributed by atoms with van der Waals surface area (Å²) in [5, 5.41) is 10.4. The van der Waals surface area contributed by atoms with Crippen LogP contribution in [-0.4, -0.2) is 17.3 Å². The quantitative estimate of drug-likeness (QED) is 0.769. The molecule has 0 unspecified atom stereocenters. The lowest BCUT2D eigenvalue weighted by Crippen LogP contribution is -2.41. The highest BCUT2D eigenvalue weighted by molar-refractivity contribution is 5.14. The molecule has 2 nitrogen and oxygen atoms in total. The number of ether oxygens (including phenoxy) is 1. The molecule has 1 N–H and O–H groups in total. The molecule has 1 aromatic rings. The van der Waals surface area contributed by atoms with Gasteiger partial charge in [0.1, 0.15) is 6.10 Å². The first kappa shape index (κ1) is 16.8. The molecular weight excluding hydrogens is 248 g/mol. The molecule has 1 aromatic carbocycles. The van der Waals surface area contributed by atoms with Crippen LogP contribution in [0.25, 0.3) is 0 Å². The standard InChI is InChI=1S/C18H26O2/c1-6-17(18(4,5)16(19)12-14(2)3)20-13-15-10-8-7-9-11-15/h1,7-11,14,16-17,19H,12-13H2,2-5H3/t16-,17+/m1/s1. The Morgan fingerprint density at radius 3 is 2.35 bits per heavy atom. The molecule has 110 valence electrons.